The van der Waals surface area contributed by atoms with Gasteiger partial charge in [-0.25, -0.2) is 10.4 Å². The van der Waals surface area contributed by atoms with Crippen LogP contribution in [0.3, 0.4) is 0 Å². The number of thioether (sulfide) groups is 1. The van der Waals surface area contributed by atoms with E-state index < -0.39 is 0 Å². The minimum atomic E-state index is -0.283. The van der Waals surface area contributed by atoms with Crippen molar-refractivity contribution in [1.82, 2.24) is 15.0 Å². The highest BCUT2D eigenvalue weighted by Crippen LogP contribution is 2.35. The van der Waals surface area contributed by atoms with Gasteiger partial charge in [0.2, 0.25) is 0 Å². The van der Waals surface area contributed by atoms with E-state index in [0.717, 1.165) is 69.6 Å². The van der Waals surface area contributed by atoms with Crippen molar-refractivity contribution in [3.63, 3.8) is 0 Å². The maximum Gasteiger partial charge on any atom is 0.267 e. The van der Waals surface area contributed by atoms with Gasteiger partial charge in [-0.1, -0.05) is 59.8 Å². The molecule has 3 aromatic carbocycles. The number of aromatic nitrogens is 2. The normalized spacial score (nSPS) is 12.9. The van der Waals surface area contributed by atoms with Crippen LogP contribution in [0.2, 0.25) is 0 Å². The zero-order valence-corrected chi connectivity index (χ0v) is 24.8. The van der Waals surface area contributed by atoms with Gasteiger partial charge in [0.25, 0.3) is 11.5 Å². The minimum absolute atomic E-state index is 0.0680. The largest absolute Gasteiger partial charge is 0.489 e. The molecule has 9 heteroatoms. The second-order valence-corrected chi connectivity index (χ2v) is 12.2. The number of benzene rings is 3. The van der Waals surface area contributed by atoms with Crippen LogP contribution in [-0.4, -0.2) is 27.4 Å². The molecule has 0 radical (unpaired) electrons. The van der Waals surface area contributed by atoms with Gasteiger partial charge in [0.15, 0.2) is 5.16 Å². The van der Waals surface area contributed by atoms with Gasteiger partial charge in [-0.2, -0.15) is 5.10 Å². The number of amides is 1. The molecule has 1 N–H and O–H groups in total. The summed E-state index contributed by atoms with van der Waals surface area (Å²) < 4.78 is 7.47. The van der Waals surface area contributed by atoms with Gasteiger partial charge in [0.1, 0.15) is 17.2 Å². The predicted octanol–water partition coefficient (Wildman–Crippen LogP) is 6.46. The van der Waals surface area contributed by atoms with Gasteiger partial charge >= 0.3 is 0 Å². The fourth-order valence-corrected chi connectivity index (χ4v) is 7.04. The Kier molecular flexibility index (Phi) is 8.48. The third-order valence-electron chi connectivity index (χ3n) is 7.11. The number of nitrogens with one attached hydrogen (secondary N) is 1. The topological polar surface area (TPSA) is 85.6 Å². The summed E-state index contributed by atoms with van der Waals surface area (Å²) in [4.78, 5) is 33.5. The van der Waals surface area contributed by atoms with E-state index in [2.05, 4.69) is 10.5 Å². The number of hydrogen-bond acceptors (Lipinski definition) is 7. The fourth-order valence-electron chi connectivity index (χ4n) is 4.94. The average Bonchev–Trinajstić information content (AvgIpc) is 3.40. The number of carbonyl (C=O) groups is 1. The molecule has 42 heavy (non-hydrogen) atoms. The summed E-state index contributed by atoms with van der Waals surface area (Å²) in [6.07, 6.45) is 5.72. The monoisotopic (exact) mass is 594 g/mol. The maximum atomic E-state index is 13.9. The number of hydrogen-bond donors (Lipinski definition) is 1. The van der Waals surface area contributed by atoms with Crippen LogP contribution in [0, 0.1) is 6.92 Å². The molecule has 1 aliphatic carbocycles. The third-order valence-corrected chi connectivity index (χ3v) is 9.24. The van der Waals surface area contributed by atoms with Crippen molar-refractivity contribution in [3.05, 3.63) is 116 Å². The summed E-state index contributed by atoms with van der Waals surface area (Å²) in [6, 6.07) is 25.3. The van der Waals surface area contributed by atoms with Crippen molar-refractivity contribution in [2.24, 2.45) is 5.10 Å². The van der Waals surface area contributed by atoms with Gasteiger partial charge < -0.3 is 4.74 Å². The van der Waals surface area contributed by atoms with Crippen LogP contribution in [0.4, 0.5) is 0 Å². The van der Waals surface area contributed by atoms with Gasteiger partial charge in [0, 0.05) is 4.88 Å². The molecule has 0 bridgehead atoms. The average molecular weight is 595 g/mol. The summed E-state index contributed by atoms with van der Waals surface area (Å²) in [6.45, 7) is 2.51. The van der Waals surface area contributed by atoms with Crippen LogP contribution in [0.15, 0.2) is 93.9 Å². The number of nitrogens with zero attached hydrogens (tertiary/aromatic N) is 3. The summed E-state index contributed by atoms with van der Waals surface area (Å²) in [5, 5.41) is 5.34. The van der Waals surface area contributed by atoms with Crippen LogP contribution in [-0.2, 0) is 24.2 Å². The molecule has 2 aromatic heterocycles. The molecule has 212 valence electrons. The van der Waals surface area contributed by atoms with Crippen molar-refractivity contribution < 1.29 is 9.53 Å². The minimum Gasteiger partial charge on any atom is -0.489 e. The number of rotatable bonds is 9. The molecule has 2 heterocycles. The molecule has 6 rings (SSSR count). The van der Waals surface area contributed by atoms with E-state index in [1.807, 2.05) is 85.8 Å². The van der Waals surface area contributed by atoms with Gasteiger partial charge in [0.05, 0.1) is 23.0 Å². The highest BCUT2D eigenvalue weighted by Gasteiger charge is 2.23. The van der Waals surface area contributed by atoms with Crippen molar-refractivity contribution in [2.75, 3.05) is 5.75 Å². The van der Waals surface area contributed by atoms with Crippen LogP contribution in [0.5, 0.6) is 5.75 Å². The molecule has 0 saturated carbocycles. The first-order chi connectivity index (χ1) is 20.5. The molecule has 0 atom stereocenters. The molecule has 5 aromatic rings. The zero-order chi connectivity index (χ0) is 28.9. The molecule has 1 aliphatic rings. The van der Waals surface area contributed by atoms with Crippen molar-refractivity contribution >= 4 is 45.4 Å². The lowest BCUT2D eigenvalue weighted by Gasteiger charge is -2.13. The molecule has 7 nitrogen and oxygen atoms in total. The lowest BCUT2D eigenvalue weighted by atomic mass is 9.97. The molecular weight excluding hydrogens is 565 g/mol. The number of hydrazone groups is 1. The van der Waals surface area contributed by atoms with Gasteiger partial charge in [-0.15, -0.1) is 11.3 Å². The Labute approximate surface area is 252 Å². The number of thiophene rings is 1. The molecule has 1 amide bonds. The van der Waals surface area contributed by atoms with Crippen molar-refractivity contribution in [3.8, 4) is 11.4 Å². The van der Waals surface area contributed by atoms with Gasteiger partial charge in [-0.3, -0.25) is 14.2 Å². The number of aryl methyl sites for hydroxylation is 3. The first-order valence-corrected chi connectivity index (χ1v) is 15.7. The first kappa shape index (κ1) is 27.9. The second kappa shape index (κ2) is 12.8. The lowest BCUT2D eigenvalue weighted by molar-refractivity contribution is -0.118. The lowest BCUT2D eigenvalue weighted by Crippen LogP contribution is -2.24. The highest BCUT2D eigenvalue weighted by atomic mass is 32.2. The summed E-state index contributed by atoms with van der Waals surface area (Å²) in [5.41, 5.74) is 7.45. The zero-order valence-electron chi connectivity index (χ0n) is 23.2. The Balaban J connectivity index is 1.13. The van der Waals surface area contributed by atoms with E-state index >= 15 is 0 Å². The molecule has 0 saturated heterocycles. The van der Waals surface area contributed by atoms with Crippen LogP contribution in [0.25, 0.3) is 15.9 Å². The Morgan fingerprint density at radius 1 is 1.05 bits per heavy atom. The van der Waals surface area contributed by atoms with E-state index in [4.69, 9.17) is 9.72 Å². The fraction of sp³-hybridized carbons (Fsp3) is 0.212. The Morgan fingerprint density at radius 3 is 2.60 bits per heavy atom. The predicted molar refractivity (Wildman–Crippen MR) is 170 cm³/mol. The van der Waals surface area contributed by atoms with E-state index in [1.165, 1.54) is 16.6 Å². The molecule has 0 fully saturated rings. The van der Waals surface area contributed by atoms with E-state index in [1.54, 1.807) is 22.1 Å². The van der Waals surface area contributed by atoms with Crippen LogP contribution in [0.1, 0.15) is 40.0 Å². The van der Waals surface area contributed by atoms with E-state index in [-0.39, 0.29) is 17.2 Å². The highest BCUT2D eigenvalue weighted by molar-refractivity contribution is 7.99. The summed E-state index contributed by atoms with van der Waals surface area (Å²) in [5.74, 6) is 0.542. The maximum absolute atomic E-state index is 13.9. The van der Waals surface area contributed by atoms with Crippen molar-refractivity contribution in [1.29, 1.82) is 0 Å². The van der Waals surface area contributed by atoms with Crippen molar-refractivity contribution in [2.45, 2.75) is 44.4 Å². The Bertz CT molecular complexity index is 1790. The molecular formula is C33H30N4O3S2. The Hall–Kier alpha value is -4.21. The standard InChI is InChI=1S/C33H30N4O3S2/c1-22-11-15-25(16-12-22)37-32(39)30-27-9-5-6-10-28(27)42-31(30)35-33(37)41-21-29(38)36-34-19-23-13-17-26(18-14-23)40-20-24-7-3-2-4-8-24/h2-4,7-8,11-19H,5-6,9-10,20-21H2,1H3,(H,36,38)/b34-19-. The molecule has 0 unspecified atom stereocenters. The Morgan fingerprint density at radius 2 is 1.81 bits per heavy atom. The van der Waals surface area contributed by atoms with Crippen LogP contribution < -0.4 is 15.7 Å². The second-order valence-electron chi connectivity index (χ2n) is 10.2. The van der Waals surface area contributed by atoms with E-state index in [0.29, 0.717) is 11.8 Å². The molecule has 0 aliphatic heterocycles. The molecule has 0 spiro atoms. The quantitative estimate of drug-likeness (QED) is 0.0917. The SMILES string of the molecule is Cc1ccc(-n2c(SCC(=O)N/N=C\c3ccc(OCc4ccccc4)cc3)nc3sc4c(c3c2=O)CCCC4)cc1. The summed E-state index contributed by atoms with van der Waals surface area (Å²) in [7, 11) is 0. The summed E-state index contributed by atoms with van der Waals surface area (Å²) >= 11 is 2.85. The van der Waals surface area contributed by atoms with Crippen LogP contribution >= 0.6 is 23.1 Å². The first-order valence-electron chi connectivity index (χ1n) is 13.9. The number of fused-ring (bicyclic) bond motifs is 3. The van der Waals surface area contributed by atoms with Gasteiger partial charge in [-0.05, 0) is 85.7 Å². The third kappa shape index (κ3) is 6.32. The number of ether oxygens (including phenoxy) is 1. The van der Waals surface area contributed by atoms with E-state index in [9.17, 15) is 9.59 Å². The number of carbonyl (C=O) groups excluding carboxylic acids is 1. The smallest absolute Gasteiger partial charge is 0.267 e.